The number of rotatable bonds is 12. The Morgan fingerprint density at radius 2 is 2.00 bits per heavy atom. The van der Waals surface area contributed by atoms with E-state index in [0.29, 0.717) is 6.04 Å². The van der Waals surface area contributed by atoms with Crippen molar-refractivity contribution in [2.75, 3.05) is 0 Å². The van der Waals surface area contributed by atoms with Crippen molar-refractivity contribution < 1.29 is 0 Å². The molecule has 0 radical (unpaired) electrons. The van der Waals surface area contributed by atoms with E-state index in [0.717, 1.165) is 19.3 Å². The molecule has 0 fully saturated rings. The van der Waals surface area contributed by atoms with Gasteiger partial charge in [0, 0.05) is 11.6 Å². The fourth-order valence-corrected chi connectivity index (χ4v) is 2.98. The summed E-state index contributed by atoms with van der Waals surface area (Å²) in [6.07, 6.45) is 15.8. The zero-order valence-electron chi connectivity index (χ0n) is 16.5. The zero-order valence-corrected chi connectivity index (χ0v) is 16.5. The molecule has 0 saturated carbocycles. The molecule has 1 atom stereocenters. The van der Waals surface area contributed by atoms with E-state index < -0.39 is 0 Å². The minimum absolute atomic E-state index is 0.0638. The van der Waals surface area contributed by atoms with Gasteiger partial charge in [-0.15, -0.1) is 6.58 Å². The van der Waals surface area contributed by atoms with Crippen molar-refractivity contribution in [2.24, 2.45) is 0 Å². The molecule has 0 aliphatic heterocycles. The second kappa shape index (κ2) is 9.84. The molecule has 134 valence electrons. The molecule has 0 aromatic rings. The molecular formula is C23H37N. The van der Waals surface area contributed by atoms with E-state index in [2.05, 4.69) is 71.3 Å². The maximum atomic E-state index is 4.28. The van der Waals surface area contributed by atoms with Gasteiger partial charge in [0.1, 0.15) is 0 Å². The third-order valence-corrected chi connectivity index (χ3v) is 4.71. The first-order valence-corrected chi connectivity index (χ1v) is 9.42. The summed E-state index contributed by atoms with van der Waals surface area (Å²) in [5.74, 6) is 0. The third kappa shape index (κ3) is 7.97. The Morgan fingerprint density at radius 3 is 2.50 bits per heavy atom. The van der Waals surface area contributed by atoms with E-state index in [1.54, 1.807) is 5.57 Å². The topological polar surface area (TPSA) is 12.0 Å². The van der Waals surface area contributed by atoms with E-state index in [1.807, 2.05) is 6.08 Å². The summed E-state index contributed by atoms with van der Waals surface area (Å²) in [4.78, 5) is 0. The lowest BCUT2D eigenvalue weighted by Gasteiger charge is -2.29. The monoisotopic (exact) mass is 327 g/mol. The van der Waals surface area contributed by atoms with Crippen LogP contribution in [0.15, 0.2) is 59.8 Å². The summed E-state index contributed by atoms with van der Waals surface area (Å²) < 4.78 is 0. The molecule has 1 aliphatic carbocycles. The highest BCUT2D eigenvalue weighted by Crippen LogP contribution is 2.28. The van der Waals surface area contributed by atoms with Crippen molar-refractivity contribution in [2.45, 2.75) is 84.7 Å². The molecule has 1 nitrogen and oxygen atoms in total. The number of nitrogens with one attached hydrogen (secondary N) is 1. The van der Waals surface area contributed by atoms with Gasteiger partial charge in [-0.2, -0.15) is 0 Å². The molecule has 1 unspecified atom stereocenters. The average molecular weight is 328 g/mol. The Hall–Kier alpha value is -1.34. The Bertz CT molecular complexity index is 528. The Morgan fingerprint density at radius 1 is 1.33 bits per heavy atom. The summed E-state index contributed by atoms with van der Waals surface area (Å²) >= 11 is 0. The number of hydrogen-bond donors (Lipinski definition) is 1. The Kier molecular flexibility index (Phi) is 8.48. The normalized spacial score (nSPS) is 16.6. The summed E-state index contributed by atoms with van der Waals surface area (Å²) in [6.45, 7) is 19.2. The molecular weight excluding hydrogens is 290 g/mol. The van der Waals surface area contributed by atoms with Crippen LogP contribution >= 0.6 is 0 Å². The summed E-state index contributed by atoms with van der Waals surface area (Å²) in [5.41, 5.74) is 5.71. The molecule has 0 saturated heterocycles. The SMILES string of the molecule is C=CC(C)(C)NC(C)/C(=C\C(=C)CC1=CC1)CC/C(=C/C)CCC. The standard InChI is InChI=1S/C23H37N/c1-8-11-20(9-2)14-15-22(17-18(4)16-21-12-13-21)19(5)24-23(6,7)10-3/h9-10,12,17,19,24H,3-4,8,11,13-16H2,1-2,5-7H3/b20-9+,22-17-. The van der Waals surface area contributed by atoms with E-state index in [1.165, 1.54) is 36.0 Å². The summed E-state index contributed by atoms with van der Waals surface area (Å²) in [6, 6.07) is 0.322. The predicted octanol–water partition coefficient (Wildman–Crippen LogP) is 6.66. The van der Waals surface area contributed by atoms with Crippen LogP contribution in [0.4, 0.5) is 0 Å². The van der Waals surface area contributed by atoms with Crippen LogP contribution in [0.25, 0.3) is 0 Å². The van der Waals surface area contributed by atoms with Gasteiger partial charge >= 0.3 is 0 Å². The molecule has 1 rings (SSSR count). The molecule has 0 amide bonds. The van der Waals surface area contributed by atoms with Crippen LogP contribution < -0.4 is 5.32 Å². The first kappa shape index (κ1) is 20.7. The van der Waals surface area contributed by atoms with Crippen molar-refractivity contribution in [1.29, 1.82) is 0 Å². The van der Waals surface area contributed by atoms with Crippen molar-refractivity contribution in [3.05, 3.63) is 59.8 Å². The van der Waals surface area contributed by atoms with Crippen molar-refractivity contribution in [3.63, 3.8) is 0 Å². The van der Waals surface area contributed by atoms with Gasteiger partial charge in [-0.25, -0.2) is 0 Å². The summed E-state index contributed by atoms with van der Waals surface area (Å²) in [7, 11) is 0. The maximum absolute atomic E-state index is 4.28. The van der Waals surface area contributed by atoms with Gasteiger partial charge in [0.15, 0.2) is 0 Å². The number of allylic oxidation sites excluding steroid dienone is 6. The molecule has 1 heteroatoms. The van der Waals surface area contributed by atoms with Crippen LogP contribution in [0.2, 0.25) is 0 Å². The zero-order chi connectivity index (χ0) is 18.2. The quantitative estimate of drug-likeness (QED) is 0.312. The summed E-state index contributed by atoms with van der Waals surface area (Å²) in [5, 5.41) is 3.69. The van der Waals surface area contributed by atoms with Crippen LogP contribution in [0, 0.1) is 0 Å². The highest BCUT2D eigenvalue weighted by atomic mass is 15.0. The third-order valence-electron chi connectivity index (χ3n) is 4.71. The van der Waals surface area contributed by atoms with Crippen LogP contribution in [0.3, 0.4) is 0 Å². The van der Waals surface area contributed by atoms with Crippen LogP contribution in [0.1, 0.15) is 73.1 Å². The van der Waals surface area contributed by atoms with Gasteiger partial charge in [-0.05, 0) is 59.8 Å². The van der Waals surface area contributed by atoms with E-state index in [4.69, 9.17) is 0 Å². The molecule has 0 spiro atoms. The van der Waals surface area contributed by atoms with Crippen LogP contribution in [-0.4, -0.2) is 11.6 Å². The fourth-order valence-electron chi connectivity index (χ4n) is 2.98. The van der Waals surface area contributed by atoms with E-state index in [-0.39, 0.29) is 5.54 Å². The van der Waals surface area contributed by atoms with E-state index >= 15 is 0 Å². The van der Waals surface area contributed by atoms with Crippen molar-refractivity contribution in [1.82, 2.24) is 5.32 Å². The van der Waals surface area contributed by atoms with E-state index in [9.17, 15) is 0 Å². The molecule has 24 heavy (non-hydrogen) atoms. The second-order valence-electron chi connectivity index (χ2n) is 7.61. The fraction of sp³-hybridized carbons (Fsp3) is 0.565. The largest absolute Gasteiger partial charge is 0.302 e. The van der Waals surface area contributed by atoms with Gasteiger partial charge in [-0.1, -0.05) is 66.5 Å². The first-order chi connectivity index (χ1) is 11.3. The smallest absolute Gasteiger partial charge is 0.0309 e. The number of hydrogen-bond acceptors (Lipinski definition) is 1. The highest BCUT2D eigenvalue weighted by Gasteiger charge is 2.19. The second-order valence-corrected chi connectivity index (χ2v) is 7.61. The molecule has 0 bridgehead atoms. The lowest BCUT2D eigenvalue weighted by atomic mass is 9.93. The van der Waals surface area contributed by atoms with Gasteiger partial charge in [0.2, 0.25) is 0 Å². The molecule has 1 aliphatic rings. The lowest BCUT2D eigenvalue weighted by Crippen LogP contribution is -2.43. The molecule has 0 heterocycles. The highest BCUT2D eigenvalue weighted by molar-refractivity contribution is 5.34. The van der Waals surface area contributed by atoms with Gasteiger partial charge < -0.3 is 5.32 Å². The van der Waals surface area contributed by atoms with Gasteiger partial charge in [-0.3, -0.25) is 0 Å². The molecule has 0 aromatic carbocycles. The van der Waals surface area contributed by atoms with Crippen LogP contribution in [-0.2, 0) is 0 Å². The Labute approximate surface area is 150 Å². The average Bonchev–Trinajstić information content (AvgIpc) is 3.33. The maximum Gasteiger partial charge on any atom is 0.0309 e. The lowest BCUT2D eigenvalue weighted by molar-refractivity contribution is 0.433. The Balaban J connectivity index is 2.80. The molecule has 0 aromatic heterocycles. The first-order valence-electron chi connectivity index (χ1n) is 9.42. The van der Waals surface area contributed by atoms with Crippen molar-refractivity contribution >= 4 is 0 Å². The minimum Gasteiger partial charge on any atom is -0.302 e. The van der Waals surface area contributed by atoms with Gasteiger partial charge in [0.05, 0.1) is 0 Å². The predicted molar refractivity (Wildman–Crippen MR) is 109 cm³/mol. The van der Waals surface area contributed by atoms with Crippen LogP contribution in [0.5, 0.6) is 0 Å². The van der Waals surface area contributed by atoms with Crippen molar-refractivity contribution in [3.8, 4) is 0 Å². The minimum atomic E-state index is -0.0638. The van der Waals surface area contributed by atoms with Gasteiger partial charge in [0.25, 0.3) is 0 Å². The molecule has 1 N–H and O–H groups in total.